The van der Waals surface area contributed by atoms with Crippen LogP contribution in [0.5, 0.6) is 11.5 Å². The van der Waals surface area contributed by atoms with Crippen molar-refractivity contribution in [2.45, 2.75) is 32.4 Å². The van der Waals surface area contributed by atoms with Crippen molar-refractivity contribution in [3.05, 3.63) is 79.0 Å². The van der Waals surface area contributed by atoms with Gasteiger partial charge in [0, 0.05) is 40.0 Å². The third kappa shape index (κ3) is 5.53. The molecule has 3 aromatic carbocycles. The number of benzene rings is 3. The van der Waals surface area contributed by atoms with Crippen molar-refractivity contribution < 1.29 is 32.2 Å². The number of phenols is 2. The molecule has 2 N–H and O–H groups in total. The zero-order chi connectivity index (χ0) is 27.0. The predicted molar refractivity (Wildman–Crippen MR) is 137 cm³/mol. The molecule has 0 aliphatic carbocycles. The van der Waals surface area contributed by atoms with Crippen LogP contribution < -0.4 is 0 Å². The molecule has 0 spiro atoms. The van der Waals surface area contributed by atoms with Crippen LogP contribution in [0, 0.1) is 36.0 Å². The van der Waals surface area contributed by atoms with Crippen LogP contribution in [0.4, 0.5) is 22.0 Å². The van der Waals surface area contributed by atoms with Crippen molar-refractivity contribution >= 4 is 38.1 Å². The lowest BCUT2D eigenvalue weighted by Crippen LogP contribution is -2.31. The van der Waals surface area contributed by atoms with E-state index in [-0.39, 0.29) is 17.4 Å². The van der Waals surface area contributed by atoms with Crippen LogP contribution in [0.3, 0.4) is 0 Å². The number of halogens is 7. The predicted octanol–water partition coefficient (Wildman–Crippen LogP) is 7.38. The molecule has 1 saturated heterocycles. The van der Waals surface area contributed by atoms with E-state index in [0.717, 1.165) is 35.5 Å². The number of nitrogens with zero attached hydrogens (tertiary/aromatic N) is 2. The van der Waals surface area contributed by atoms with Crippen LogP contribution in [0.2, 0.25) is 0 Å². The summed E-state index contributed by atoms with van der Waals surface area (Å²) in [5.74, 6) is -11.0. The van der Waals surface area contributed by atoms with Gasteiger partial charge in [0.2, 0.25) is 5.82 Å². The molecule has 1 aliphatic heterocycles. The Hall–Kier alpha value is -2.50. The Kier molecular flexibility index (Phi) is 8.25. The van der Waals surface area contributed by atoms with Crippen LogP contribution in [0.1, 0.15) is 29.5 Å². The quantitative estimate of drug-likeness (QED) is 0.127. The average Bonchev–Trinajstić information content (AvgIpc) is 3.29. The third-order valence-electron chi connectivity index (χ3n) is 6.29. The summed E-state index contributed by atoms with van der Waals surface area (Å²) in [5.41, 5.74) is -0.476. The zero-order valence-corrected chi connectivity index (χ0v) is 22.6. The Labute approximate surface area is 226 Å². The van der Waals surface area contributed by atoms with Gasteiger partial charge in [0.15, 0.2) is 23.3 Å². The average molecular weight is 648 g/mol. The molecular weight excluding hydrogens is 627 g/mol. The smallest absolute Gasteiger partial charge is 0.200 e. The lowest BCUT2D eigenvalue weighted by atomic mass is 9.97. The SMILES string of the molecule is Cc1cc(C=NCC2CCCN2Cc2cc(Br)cc(Br)c2O)c(O)c(-c2c(F)c(F)c(F)c(F)c2F)c1. The van der Waals surface area contributed by atoms with Gasteiger partial charge in [-0.25, -0.2) is 22.0 Å². The van der Waals surface area contributed by atoms with Gasteiger partial charge in [-0.1, -0.05) is 15.9 Å². The largest absolute Gasteiger partial charge is 0.507 e. The first-order chi connectivity index (χ1) is 17.5. The van der Waals surface area contributed by atoms with Crippen molar-refractivity contribution in [1.82, 2.24) is 4.90 Å². The lowest BCUT2D eigenvalue weighted by molar-refractivity contribution is 0.247. The van der Waals surface area contributed by atoms with Gasteiger partial charge in [-0.2, -0.15) is 0 Å². The van der Waals surface area contributed by atoms with Gasteiger partial charge in [-0.05, 0) is 72.1 Å². The number of aromatic hydroxyl groups is 2. The van der Waals surface area contributed by atoms with Crippen molar-refractivity contribution in [3.8, 4) is 22.6 Å². The summed E-state index contributed by atoms with van der Waals surface area (Å²) in [5, 5.41) is 21.1. The summed E-state index contributed by atoms with van der Waals surface area (Å²) in [6.45, 7) is 3.18. The highest BCUT2D eigenvalue weighted by Gasteiger charge is 2.29. The monoisotopic (exact) mass is 646 g/mol. The maximum absolute atomic E-state index is 14.4. The summed E-state index contributed by atoms with van der Waals surface area (Å²) in [6, 6.07) is 6.27. The minimum absolute atomic E-state index is 0.0370. The molecule has 1 aliphatic rings. The van der Waals surface area contributed by atoms with Crippen molar-refractivity contribution in [1.29, 1.82) is 0 Å². The molecule has 1 atom stereocenters. The van der Waals surface area contributed by atoms with Crippen LogP contribution in [0.25, 0.3) is 11.1 Å². The Morgan fingerprint density at radius 2 is 1.59 bits per heavy atom. The van der Waals surface area contributed by atoms with Crippen LogP contribution in [-0.4, -0.2) is 40.5 Å². The molecule has 37 heavy (non-hydrogen) atoms. The minimum atomic E-state index is -2.27. The highest BCUT2D eigenvalue weighted by molar-refractivity contribution is 9.11. The second-order valence-electron chi connectivity index (χ2n) is 8.85. The fraction of sp³-hybridized carbons (Fsp3) is 0.269. The third-order valence-corrected chi connectivity index (χ3v) is 7.35. The Bertz CT molecular complexity index is 1370. The molecule has 0 aromatic heterocycles. The van der Waals surface area contributed by atoms with Crippen molar-refractivity contribution in [3.63, 3.8) is 0 Å². The van der Waals surface area contributed by atoms with E-state index >= 15 is 0 Å². The van der Waals surface area contributed by atoms with E-state index < -0.39 is 46.0 Å². The molecule has 1 heterocycles. The second-order valence-corrected chi connectivity index (χ2v) is 10.6. The molecule has 0 radical (unpaired) electrons. The first-order valence-corrected chi connectivity index (χ1v) is 12.8. The Morgan fingerprint density at radius 3 is 2.27 bits per heavy atom. The summed E-state index contributed by atoms with van der Waals surface area (Å²) >= 11 is 6.75. The molecule has 196 valence electrons. The summed E-state index contributed by atoms with van der Waals surface area (Å²) in [6.07, 6.45) is 3.10. The van der Waals surface area contributed by atoms with Gasteiger partial charge in [-0.3, -0.25) is 9.89 Å². The van der Waals surface area contributed by atoms with Crippen LogP contribution >= 0.6 is 31.9 Å². The highest BCUT2D eigenvalue weighted by atomic mass is 79.9. The summed E-state index contributed by atoms with van der Waals surface area (Å²) in [7, 11) is 0. The lowest BCUT2D eigenvalue weighted by Gasteiger charge is -2.24. The standard InChI is InChI=1S/C26H21Br2F5N2O2/c1-12-5-13(25(36)17(6-12)19-20(29)22(31)24(33)23(32)21(19)30)9-34-10-16-3-2-4-35(16)11-14-7-15(27)8-18(28)26(14)37/h5-9,16,36-37H,2-4,10-11H2,1H3. The van der Waals surface area contributed by atoms with Crippen molar-refractivity contribution in [2.24, 2.45) is 4.99 Å². The van der Waals surface area contributed by atoms with Gasteiger partial charge < -0.3 is 10.2 Å². The van der Waals surface area contributed by atoms with Gasteiger partial charge in [-0.15, -0.1) is 0 Å². The van der Waals surface area contributed by atoms with E-state index in [0.29, 0.717) is 23.1 Å². The van der Waals surface area contributed by atoms with Gasteiger partial charge in [0.1, 0.15) is 11.5 Å². The van der Waals surface area contributed by atoms with Gasteiger partial charge >= 0.3 is 0 Å². The summed E-state index contributed by atoms with van der Waals surface area (Å²) < 4.78 is 71.2. The molecule has 0 saturated carbocycles. The number of aryl methyl sites for hydroxylation is 1. The van der Waals surface area contributed by atoms with Gasteiger partial charge in [0.05, 0.1) is 16.6 Å². The molecule has 4 rings (SSSR count). The molecule has 3 aromatic rings. The minimum Gasteiger partial charge on any atom is -0.507 e. The molecular formula is C26H21Br2F5N2O2. The molecule has 0 bridgehead atoms. The molecule has 1 unspecified atom stereocenters. The van der Waals surface area contributed by atoms with E-state index in [4.69, 9.17) is 0 Å². The second kappa shape index (κ2) is 11.1. The van der Waals surface area contributed by atoms with E-state index in [1.807, 2.05) is 6.07 Å². The van der Waals surface area contributed by atoms with E-state index in [2.05, 4.69) is 41.8 Å². The maximum Gasteiger partial charge on any atom is 0.200 e. The van der Waals surface area contributed by atoms with E-state index in [9.17, 15) is 32.2 Å². The number of likely N-dealkylation sites (tertiary alicyclic amines) is 1. The normalized spacial score (nSPS) is 16.3. The van der Waals surface area contributed by atoms with Gasteiger partial charge in [0.25, 0.3) is 0 Å². The topological polar surface area (TPSA) is 56.1 Å². The number of phenolic OH excluding ortho intramolecular Hbond substituents is 2. The number of rotatable bonds is 6. The Morgan fingerprint density at radius 1 is 0.946 bits per heavy atom. The summed E-state index contributed by atoms with van der Waals surface area (Å²) in [4.78, 5) is 6.57. The first kappa shape index (κ1) is 27.5. The van der Waals surface area contributed by atoms with Crippen molar-refractivity contribution in [2.75, 3.05) is 13.1 Å². The molecule has 4 nitrogen and oxygen atoms in total. The molecule has 11 heteroatoms. The van der Waals surface area contributed by atoms with Crippen LogP contribution in [-0.2, 0) is 6.54 Å². The first-order valence-electron chi connectivity index (χ1n) is 11.3. The van der Waals surface area contributed by atoms with E-state index in [1.54, 1.807) is 13.0 Å². The highest BCUT2D eigenvalue weighted by Crippen LogP contribution is 2.39. The maximum atomic E-state index is 14.4. The van der Waals surface area contributed by atoms with E-state index in [1.165, 1.54) is 12.3 Å². The molecule has 1 fully saturated rings. The Balaban J connectivity index is 1.58. The number of hydrogen-bond acceptors (Lipinski definition) is 4. The zero-order valence-electron chi connectivity index (χ0n) is 19.4. The fourth-order valence-corrected chi connectivity index (χ4v) is 5.79. The number of aliphatic imine (C=N–C) groups is 1. The van der Waals surface area contributed by atoms with Crippen LogP contribution in [0.15, 0.2) is 38.2 Å². The fourth-order valence-electron chi connectivity index (χ4n) is 4.48. The molecule has 0 amide bonds. The number of hydrogen-bond donors (Lipinski definition) is 2.